The molecule has 1 atom stereocenters. The van der Waals surface area contributed by atoms with Gasteiger partial charge >= 0.3 is 5.97 Å². The van der Waals surface area contributed by atoms with Crippen LogP contribution >= 0.6 is 0 Å². The van der Waals surface area contributed by atoms with Crippen LogP contribution < -0.4 is 5.32 Å². The highest BCUT2D eigenvalue weighted by Gasteiger charge is 2.21. The van der Waals surface area contributed by atoms with E-state index in [9.17, 15) is 4.79 Å². The van der Waals surface area contributed by atoms with Gasteiger partial charge in [-0.05, 0) is 32.9 Å². The molecule has 4 heteroatoms. The highest BCUT2D eigenvalue weighted by atomic mass is 16.6. The summed E-state index contributed by atoms with van der Waals surface area (Å²) in [5.74, 6) is 0.523. The van der Waals surface area contributed by atoms with Crippen LogP contribution in [0.25, 0.3) is 0 Å². The largest absolute Gasteiger partial charge is 0.468 e. The average molecular weight is 239 g/mol. The van der Waals surface area contributed by atoms with Gasteiger partial charge in [0, 0.05) is 6.54 Å². The second kappa shape index (κ2) is 5.87. The number of carbonyl (C=O) groups is 1. The summed E-state index contributed by atoms with van der Waals surface area (Å²) in [6.07, 6.45) is 1.63. The summed E-state index contributed by atoms with van der Waals surface area (Å²) < 4.78 is 10.5. The minimum Gasteiger partial charge on any atom is -0.468 e. The lowest BCUT2D eigenvalue weighted by Gasteiger charge is -2.22. The number of nitrogens with one attached hydrogen (secondary N) is 1. The molecule has 0 aliphatic rings. The summed E-state index contributed by atoms with van der Waals surface area (Å²) in [5.41, 5.74) is -0.424. The maximum absolute atomic E-state index is 11.7. The van der Waals surface area contributed by atoms with E-state index in [1.807, 2.05) is 39.8 Å². The van der Waals surface area contributed by atoms with Crippen LogP contribution in [0, 0.1) is 5.92 Å². The van der Waals surface area contributed by atoms with Crippen LogP contribution in [0.15, 0.2) is 22.8 Å². The van der Waals surface area contributed by atoms with Crippen LogP contribution in [-0.4, -0.2) is 18.1 Å². The molecule has 96 valence electrons. The van der Waals surface area contributed by atoms with Gasteiger partial charge < -0.3 is 14.5 Å². The maximum atomic E-state index is 11.7. The van der Waals surface area contributed by atoms with Crippen molar-refractivity contribution in [2.75, 3.05) is 6.54 Å². The Morgan fingerprint density at radius 1 is 1.53 bits per heavy atom. The Morgan fingerprint density at radius 2 is 2.24 bits per heavy atom. The molecule has 1 aromatic rings. The van der Waals surface area contributed by atoms with Gasteiger partial charge in [-0.25, -0.2) is 0 Å². The molecule has 17 heavy (non-hydrogen) atoms. The molecule has 1 aromatic heterocycles. The van der Waals surface area contributed by atoms with Gasteiger partial charge in [0.15, 0.2) is 0 Å². The highest BCUT2D eigenvalue weighted by molar-refractivity contribution is 5.72. The molecule has 0 aliphatic heterocycles. The minimum absolute atomic E-state index is 0.163. The fourth-order valence-corrected chi connectivity index (χ4v) is 1.31. The summed E-state index contributed by atoms with van der Waals surface area (Å²) in [7, 11) is 0. The summed E-state index contributed by atoms with van der Waals surface area (Å²) in [5, 5.41) is 3.16. The van der Waals surface area contributed by atoms with Gasteiger partial charge in [-0.15, -0.1) is 0 Å². The molecular formula is C13H21NO3. The molecule has 1 rings (SSSR count). The van der Waals surface area contributed by atoms with Crippen molar-refractivity contribution < 1.29 is 13.9 Å². The molecular weight excluding hydrogens is 218 g/mol. The zero-order chi connectivity index (χ0) is 12.9. The third-order valence-corrected chi connectivity index (χ3v) is 2.14. The number of hydrogen-bond acceptors (Lipinski definition) is 4. The van der Waals surface area contributed by atoms with Crippen LogP contribution in [0.4, 0.5) is 0 Å². The molecule has 0 fully saturated rings. The summed E-state index contributed by atoms with van der Waals surface area (Å²) in [6, 6.07) is 3.74. The van der Waals surface area contributed by atoms with Crippen molar-refractivity contribution in [3.05, 3.63) is 24.2 Å². The van der Waals surface area contributed by atoms with Crippen molar-refractivity contribution in [1.29, 1.82) is 0 Å². The monoisotopic (exact) mass is 239 g/mol. The van der Waals surface area contributed by atoms with Crippen molar-refractivity contribution >= 4 is 5.97 Å². The molecule has 0 saturated carbocycles. The molecule has 4 nitrogen and oxygen atoms in total. The van der Waals surface area contributed by atoms with E-state index in [2.05, 4.69) is 5.32 Å². The summed E-state index contributed by atoms with van der Waals surface area (Å²) in [6.45, 7) is 8.66. The van der Waals surface area contributed by atoms with Gasteiger partial charge in [0.25, 0.3) is 0 Å². The lowest BCUT2D eigenvalue weighted by Crippen LogP contribution is -2.32. The Kier molecular flexibility index (Phi) is 4.75. The number of rotatable bonds is 5. The quantitative estimate of drug-likeness (QED) is 0.801. The number of carbonyl (C=O) groups excluding carboxylic acids is 1. The van der Waals surface area contributed by atoms with Crippen molar-refractivity contribution in [3.63, 3.8) is 0 Å². The SMILES string of the molecule is C[C@H](CNCc1ccco1)C(=O)OC(C)(C)C. The number of esters is 1. The Bertz CT molecular complexity index is 338. The number of hydrogen-bond donors (Lipinski definition) is 1. The van der Waals surface area contributed by atoms with E-state index in [-0.39, 0.29) is 11.9 Å². The lowest BCUT2D eigenvalue weighted by atomic mass is 10.1. The van der Waals surface area contributed by atoms with Gasteiger partial charge in [0.1, 0.15) is 11.4 Å². The zero-order valence-electron chi connectivity index (χ0n) is 10.9. The molecule has 0 radical (unpaired) electrons. The number of ether oxygens (including phenoxy) is 1. The van der Waals surface area contributed by atoms with Crippen molar-refractivity contribution in [2.24, 2.45) is 5.92 Å². The molecule has 0 spiro atoms. The van der Waals surface area contributed by atoms with Gasteiger partial charge in [0.05, 0.1) is 18.7 Å². The topological polar surface area (TPSA) is 51.5 Å². The van der Waals surface area contributed by atoms with Crippen molar-refractivity contribution in [2.45, 2.75) is 39.8 Å². The van der Waals surface area contributed by atoms with Crippen LogP contribution in [-0.2, 0) is 16.1 Å². The van der Waals surface area contributed by atoms with Gasteiger partial charge in [-0.1, -0.05) is 6.92 Å². The van der Waals surface area contributed by atoms with E-state index in [0.717, 1.165) is 5.76 Å². The van der Waals surface area contributed by atoms with Crippen LogP contribution in [0.2, 0.25) is 0 Å². The Morgan fingerprint density at radius 3 is 2.76 bits per heavy atom. The second-order valence-corrected chi connectivity index (χ2v) is 5.14. The van der Waals surface area contributed by atoms with E-state index < -0.39 is 5.60 Å². The predicted molar refractivity (Wildman–Crippen MR) is 65.4 cm³/mol. The van der Waals surface area contributed by atoms with Crippen LogP contribution in [0.5, 0.6) is 0 Å². The summed E-state index contributed by atoms with van der Waals surface area (Å²) >= 11 is 0. The smallest absolute Gasteiger partial charge is 0.310 e. The number of furan rings is 1. The molecule has 0 amide bonds. The Labute approximate surface area is 102 Å². The standard InChI is InChI=1S/C13H21NO3/c1-10(12(15)17-13(2,3)4)8-14-9-11-6-5-7-16-11/h5-7,10,14H,8-9H2,1-4H3/t10-/m1/s1. The van der Waals surface area contributed by atoms with Gasteiger partial charge in [-0.3, -0.25) is 4.79 Å². The zero-order valence-corrected chi connectivity index (χ0v) is 10.9. The van der Waals surface area contributed by atoms with Crippen molar-refractivity contribution in [3.8, 4) is 0 Å². The van der Waals surface area contributed by atoms with Gasteiger partial charge in [-0.2, -0.15) is 0 Å². The third kappa shape index (κ3) is 5.54. The normalized spacial score (nSPS) is 13.4. The Hall–Kier alpha value is -1.29. The summed E-state index contributed by atoms with van der Waals surface area (Å²) in [4.78, 5) is 11.7. The lowest BCUT2D eigenvalue weighted by molar-refractivity contribution is -0.159. The van der Waals surface area contributed by atoms with Crippen LogP contribution in [0.3, 0.4) is 0 Å². The third-order valence-electron chi connectivity index (χ3n) is 2.14. The second-order valence-electron chi connectivity index (χ2n) is 5.14. The highest BCUT2D eigenvalue weighted by Crippen LogP contribution is 2.10. The van der Waals surface area contributed by atoms with E-state index in [1.165, 1.54) is 0 Å². The average Bonchev–Trinajstić information content (AvgIpc) is 2.67. The molecule has 0 bridgehead atoms. The molecule has 0 unspecified atom stereocenters. The first-order valence-corrected chi connectivity index (χ1v) is 5.84. The predicted octanol–water partition coefficient (Wildman–Crippen LogP) is 2.35. The fraction of sp³-hybridized carbons (Fsp3) is 0.615. The first kappa shape index (κ1) is 13.8. The molecule has 0 aromatic carbocycles. The minimum atomic E-state index is -0.424. The first-order chi connectivity index (χ1) is 7.88. The molecule has 0 saturated heterocycles. The molecule has 1 N–H and O–H groups in total. The van der Waals surface area contributed by atoms with E-state index >= 15 is 0 Å². The van der Waals surface area contributed by atoms with Crippen molar-refractivity contribution in [1.82, 2.24) is 5.32 Å². The fourth-order valence-electron chi connectivity index (χ4n) is 1.31. The van der Waals surface area contributed by atoms with E-state index in [0.29, 0.717) is 13.1 Å². The Balaban J connectivity index is 2.25. The van der Waals surface area contributed by atoms with Crippen LogP contribution in [0.1, 0.15) is 33.5 Å². The van der Waals surface area contributed by atoms with E-state index in [4.69, 9.17) is 9.15 Å². The van der Waals surface area contributed by atoms with E-state index in [1.54, 1.807) is 6.26 Å². The molecule has 0 aliphatic carbocycles. The first-order valence-electron chi connectivity index (χ1n) is 5.84. The molecule has 1 heterocycles. The van der Waals surface area contributed by atoms with Gasteiger partial charge in [0.2, 0.25) is 0 Å². The maximum Gasteiger partial charge on any atom is 0.310 e.